The highest BCUT2D eigenvalue weighted by atomic mass is 16.4. The summed E-state index contributed by atoms with van der Waals surface area (Å²) in [7, 11) is 0. The van der Waals surface area contributed by atoms with Crippen molar-refractivity contribution in [3.8, 4) is 22.3 Å². The second-order valence-electron chi connectivity index (χ2n) is 7.33. The third kappa shape index (κ3) is 3.93. The van der Waals surface area contributed by atoms with E-state index in [1.807, 2.05) is 76.3 Å². The molecule has 4 heterocycles. The van der Waals surface area contributed by atoms with Crippen molar-refractivity contribution < 1.29 is 9.90 Å². The Kier molecular flexibility index (Phi) is 4.76. The van der Waals surface area contributed by atoms with Crippen molar-refractivity contribution in [2.45, 2.75) is 13.0 Å². The molecule has 0 spiro atoms. The Hall–Kier alpha value is -4.26. The van der Waals surface area contributed by atoms with Crippen LogP contribution < -0.4 is 0 Å². The van der Waals surface area contributed by atoms with Gasteiger partial charge >= 0.3 is 5.97 Å². The van der Waals surface area contributed by atoms with Crippen LogP contribution in [0.15, 0.2) is 85.7 Å². The summed E-state index contributed by atoms with van der Waals surface area (Å²) in [6.07, 6.45) is 11.0. The van der Waals surface area contributed by atoms with Gasteiger partial charge in [0, 0.05) is 42.1 Å². The largest absolute Gasteiger partial charge is 0.481 e. The van der Waals surface area contributed by atoms with E-state index in [9.17, 15) is 9.90 Å². The first-order chi connectivity index (χ1) is 15.2. The summed E-state index contributed by atoms with van der Waals surface area (Å²) in [5.74, 6) is -0.905. The van der Waals surface area contributed by atoms with E-state index in [0.29, 0.717) is 17.9 Å². The summed E-state index contributed by atoms with van der Waals surface area (Å²) in [6, 6.07) is 16.1. The molecule has 5 rings (SSSR count). The normalized spacial score (nSPS) is 11.1. The van der Waals surface area contributed by atoms with Crippen molar-refractivity contribution in [2.24, 2.45) is 0 Å². The van der Waals surface area contributed by atoms with E-state index in [-0.39, 0.29) is 6.42 Å². The Morgan fingerprint density at radius 3 is 2.58 bits per heavy atom. The molecule has 0 radical (unpaired) electrons. The molecule has 1 N–H and O–H groups in total. The molecule has 152 valence electrons. The molecule has 7 nitrogen and oxygen atoms in total. The number of carboxylic acids is 1. The first-order valence-corrected chi connectivity index (χ1v) is 9.86. The summed E-state index contributed by atoms with van der Waals surface area (Å²) in [6.45, 7) is 0.612. The average Bonchev–Trinajstić information content (AvgIpc) is 3.40. The number of aliphatic carboxylic acids is 1. The third-order valence-corrected chi connectivity index (χ3v) is 5.05. The fourth-order valence-corrected chi connectivity index (χ4v) is 3.66. The maximum atomic E-state index is 11.2. The van der Waals surface area contributed by atoms with Gasteiger partial charge < -0.3 is 9.51 Å². The Morgan fingerprint density at radius 2 is 1.81 bits per heavy atom. The number of pyridine rings is 2. The second kappa shape index (κ2) is 7.87. The molecule has 0 aliphatic rings. The standard InChI is InChI=1S/C24H19N5O2/c30-23(31)10-21-16-28-14-19(18-6-2-1-3-7-18)9-22(24(28)27-21)20-12-26-29(15-20)13-17-5-4-8-25-11-17/h1-9,11-12,14-16H,10,13H2,(H,30,31). The van der Waals surface area contributed by atoms with Gasteiger partial charge in [-0.05, 0) is 28.8 Å². The van der Waals surface area contributed by atoms with Crippen molar-refractivity contribution in [2.75, 3.05) is 0 Å². The number of hydrogen-bond donors (Lipinski definition) is 1. The topological polar surface area (TPSA) is 85.3 Å². The molecule has 0 saturated carbocycles. The number of aromatic nitrogens is 5. The summed E-state index contributed by atoms with van der Waals surface area (Å²) < 4.78 is 3.76. The van der Waals surface area contributed by atoms with Crippen molar-refractivity contribution in [3.05, 3.63) is 97.0 Å². The van der Waals surface area contributed by atoms with E-state index < -0.39 is 5.97 Å². The van der Waals surface area contributed by atoms with Crippen LogP contribution in [0, 0.1) is 0 Å². The van der Waals surface area contributed by atoms with Crippen molar-refractivity contribution in [1.29, 1.82) is 0 Å². The minimum Gasteiger partial charge on any atom is -0.481 e. The average molecular weight is 409 g/mol. The number of carbonyl (C=O) groups is 1. The molecule has 1 aromatic carbocycles. The Labute approximate surface area is 178 Å². The molecule has 0 saturated heterocycles. The molecule has 0 atom stereocenters. The maximum absolute atomic E-state index is 11.2. The fraction of sp³-hybridized carbons (Fsp3) is 0.0833. The zero-order valence-corrected chi connectivity index (χ0v) is 16.6. The first-order valence-electron chi connectivity index (χ1n) is 9.86. The van der Waals surface area contributed by atoms with Crippen LogP contribution in [-0.4, -0.2) is 35.2 Å². The lowest BCUT2D eigenvalue weighted by molar-refractivity contribution is -0.136. The predicted octanol–water partition coefficient (Wildman–Crippen LogP) is 3.94. The lowest BCUT2D eigenvalue weighted by atomic mass is 10.0. The van der Waals surface area contributed by atoms with Gasteiger partial charge in [0.15, 0.2) is 0 Å². The quantitative estimate of drug-likeness (QED) is 0.459. The monoisotopic (exact) mass is 409 g/mol. The lowest BCUT2D eigenvalue weighted by Gasteiger charge is -2.07. The van der Waals surface area contributed by atoms with E-state index in [1.54, 1.807) is 12.4 Å². The van der Waals surface area contributed by atoms with Gasteiger partial charge in [0.05, 0.1) is 24.9 Å². The number of fused-ring (bicyclic) bond motifs is 1. The highest BCUT2D eigenvalue weighted by molar-refractivity contribution is 5.82. The minimum absolute atomic E-state index is 0.123. The van der Waals surface area contributed by atoms with E-state index in [0.717, 1.165) is 27.8 Å². The van der Waals surface area contributed by atoms with Crippen LogP contribution in [0.5, 0.6) is 0 Å². The van der Waals surface area contributed by atoms with Gasteiger partial charge in [0.25, 0.3) is 0 Å². The van der Waals surface area contributed by atoms with E-state index >= 15 is 0 Å². The third-order valence-electron chi connectivity index (χ3n) is 5.05. The minimum atomic E-state index is -0.905. The number of rotatable bonds is 6. The highest BCUT2D eigenvalue weighted by Gasteiger charge is 2.14. The molecule has 0 fully saturated rings. The van der Waals surface area contributed by atoms with Crippen molar-refractivity contribution >= 4 is 11.6 Å². The van der Waals surface area contributed by atoms with Crippen molar-refractivity contribution in [3.63, 3.8) is 0 Å². The van der Waals surface area contributed by atoms with Gasteiger partial charge in [0.1, 0.15) is 5.65 Å². The molecular formula is C24H19N5O2. The van der Waals surface area contributed by atoms with Crippen LogP contribution >= 0.6 is 0 Å². The van der Waals surface area contributed by atoms with Crippen LogP contribution in [0.25, 0.3) is 27.9 Å². The van der Waals surface area contributed by atoms with E-state index in [4.69, 9.17) is 0 Å². The second-order valence-corrected chi connectivity index (χ2v) is 7.33. The summed E-state index contributed by atoms with van der Waals surface area (Å²) in [5, 5.41) is 13.7. The van der Waals surface area contributed by atoms with Gasteiger partial charge in [-0.3, -0.25) is 14.5 Å². The summed E-state index contributed by atoms with van der Waals surface area (Å²) in [4.78, 5) is 19.9. The number of imidazole rings is 1. The maximum Gasteiger partial charge on any atom is 0.309 e. The van der Waals surface area contributed by atoms with Crippen LogP contribution in [0.3, 0.4) is 0 Å². The molecule has 0 aliphatic carbocycles. The molecule has 0 bridgehead atoms. The Morgan fingerprint density at radius 1 is 0.935 bits per heavy atom. The van der Waals surface area contributed by atoms with Crippen LogP contribution in [0.4, 0.5) is 0 Å². The van der Waals surface area contributed by atoms with Crippen LogP contribution in [0.2, 0.25) is 0 Å². The molecule has 0 unspecified atom stereocenters. The smallest absolute Gasteiger partial charge is 0.309 e. The molecule has 0 amide bonds. The molecule has 7 heteroatoms. The van der Waals surface area contributed by atoms with Crippen molar-refractivity contribution in [1.82, 2.24) is 24.1 Å². The summed E-state index contributed by atoms with van der Waals surface area (Å²) >= 11 is 0. The number of nitrogens with zero attached hydrogens (tertiary/aromatic N) is 5. The Balaban J connectivity index is 1.61. The van der Waals surface area contributed by atoms with Gasteiger partial charge in [-0.25, -0.2) is 4.98 Å². The van der Waals surface area contributed by atoms with Crippen LogP contribution in [0.1, 0.15) is 11.3 Å². The van der Waals surface area contributed by atoms with Gasteiger partial charge in [-0.15, -0.1) is 0 Å². The highest BCUT2D eigenvalue weighted by Crippen LogP contribution is 2.30. The first kappa shape index (κ1) is 18.7. The fourth-order valence-electron chi connectivity index (χ4n) is 3.66. The van der Waals surface area contributed by atoms with Gasteiger partial charge in [-0.2, -0.15) is 5.10 Å². The van der Waals surface area contributed by atoms with Gasteiger partial charge in [-0.1, -0.05) is 36.4 Å². The summed E-state index contributed by atoms with van der Waals surface area (Å²) in [5.41, 5.74) is 6.18. The number of hydrogen-bond acceptors (Lipinski definition) is 4. The predicted molar refractivity (Wildman–Crippen MR) is 117 cm³/mol. The molecule has 4 aromatic heterocycles. The van der Waals surface area contributed by atoms with E-state index in [1.165, 1.54) is 0 Å². The molecular weight excluding hydrogens is 390 g/mol. The molecule has 31 heavy (non-hydrogen) atoms. The lowest BCUT2D eigenvalue weighted by Crippen LogP contribution is -1.99. The molecule has 5 aromatic rings. The Bertz CT molecular complexity index is 1360. The number of benzene rings is 1. The number of carboxylic acid groups (broad SMARTS) is 1. The van der Waals surface area contributed by atoms with Crippen LogP contribution in [-0.2, 0) is 17.8 Å². The van der Waals surface area contributed by atoms with E-state index in [2.05, 4.69) is 21.1 Å². The molecule has 0 aliphatic heterocycles. The SMILES string of the molecule is O=C(O)Cc1cn2cc(-c3ccccc3)cc(-c3cnn(Cc4cccnc4)c3)c2n1. The zero-order valence-electron chi connectivity index (χ0n) is 16.6. The van der Waals surface area contributed by atoms with Gasteiger partial charge in [0.2, 0.25) is 0 Å². The zero-order chi connectivity index (χ0) is 21.2.